The van der Waals surface area contributed by atoms with Crippen LogP contribution in [-0.2, 0) is 7.05 Å². The van der Waals surface area contributed by atoms with Gasteiger partial charge in [0.25, 0.3) is 0 Å². The van der Waals surface area contributed by atoms with Crippen LogP contribution in [0.4, 0.5) is 4.39 Å². The predicted octanol–water partition coefficient (Wildman–Crippen LogP) is 2.74. The number of hydrogen-bond donors (Lipinski definition) is 0. The number of aromatic nitrogens is 3. The van der Waals surface area contributed by atoms with E-state index < -0.39 is 5.95 Å². The van der Waals surface area contributed by atoms with E-state index in [9.17, 15) is 4.39 Å². The Morgan fingerprint density at radius 1 is 1.31 bits per heavy atom. The van der Waals surface area contributed by atoms with Crippen LogP contribution in [-0.4, -0.2) is 14.8 Å². The normalized spacial score (nSPS) is 11.1. The van der Waals surface area contributed by atoms with E-state index in [1.165, 1.54) is 6.20 Å². The Bertz CT molecular complexity index is 503. The van der Waals surface area contributed by atoms with Crippen molar-refractivity contribution in [2.45, 2.75) is 19.8 Å². The maximum absolute atomic E-state index is 13.6. The molecule has 3 nitrogen and oxygen atoms in total. The second-order valence-electron chi connectivity index (χ2n) is 4.10. The smallest absolute Gasteiger partial charge is 0.220 e. The van der Waals surface area contributed by atoms with Crippen molar-refractivity contribution in [3.05, 3.63) is 36.2 Å². The summed E-state index contributed by atoms with van der Waals surface area (Å²) in [4.78, 5) is 3.66. The molecule has 0 saturated heterocycles. The first kappa shape index (κ1) is 10.8. The molecule has 0 aliphatic carbocycles. The molecule has 2 aromatic heterocycles. The first-order valence-electron chi connectivity index (χ1n) is 5.24. The van der Waals surface area contributed by atoms with Crippen molar-refractivity contribution >= 4 is 0 Å². The third kappa shape index (κ3) is 1.83. The van der Waals surface area contributed by atoms with Crippen LogP contribution in [0.2, 0.25) is 0 Å². The number of hydrogen-bond acceptors (Lipinski definition) is 2. The standard InChI is InChI=1S/C12H14FN3/c1-8(2)11-10(7-16(3)15-11)9-5-4-6-14-12(9)13/h4-8H,1-3H3. The van der Waals surface area contributed by atoms with Crippen molar-refractivity contribution in [3.63, 3.8) is 0 Å². The van der Waals surface area contributed by atoms with E-state index in [0.29, 0.717) is 5.56 Å². The summed E-state index contributed by atoms with van der Waals surface area (Å²) in [6, 6.07) is 3.46. The summed E-state index contributed by atoms with van der Waals surface area (Å²) < 4.78 is 15.3. The van der Waals surface area contributed by atoms with E-state index in [2.05, 4.69) is 10.1 Å². The summed E-state index contributed by atoms with van der Waals surface area (Å²) in [6.45, 7) is 4.08. The zero-order chi connectivity index (χ0) is 11.7. The van der Waals surface area contributed by atoms with E-state index in [0.717, 1.165) is 11.3 Å². The minimum atomic E-state index is -0.447. The molecule has 0 bridgehead atoms. The summed E-state index contributed by atoms with van der Waals surface area (Å²) in [6.07, 6.45) is 3.28. The van der Waals surface area contributed by atoms with Gasteiger partial charge in [-0.25, -0.2) is 4.98 Å². The summed E-state index contributed by atoms with van der Waals surface area (Å²) in [7, 11) is 1.84. The summed E-state index contributed by atoms with van der Waals surface area (Å²) in [5.41, 5.74) is 2.23. The highest BCUT2D eigenvalue weighted by atomic mass is 19.1. The minimum Gasteiger partial charge on any atom is -0.275 e. The van der Waals surface area contributed by atoms with Gasteiger partial charge < -0.3 is 0 Å². The lowest BCUT2D eigenvalue weighted by molar-refractivity contribution is 0.587. The molecule has 16 heavy (non-hydrogen) atoms. The van der Waals surface area contributed by atoms with Crippen LogP contribution >= 0.6 is 0 Å². The fourth-order valence-electron chi connectivity index (χ4n) is 1.73. The molecule has 0 N–H and O–H groups in total. The molecule has 0 atom stereocenters. The number of rotatable bonds is 2. The number of halogens is 1. The van der Waals surface area contributed by atoms with Gasteiger partial charge in [0, 0.05) is 30.6 Å². The Labute approximate surface area is 93.9 Å². The van der Waals surface area contributed by atoms with Crippen molar-refractivity contribution in [2.75, 3.05) is 0 Å². The highest BCUT2D eigenvalue weighted by molar-refractivity contribution is 5.65. The van der Waals surface area contributed by atoms with Crippen LogP contribution in [0.5, 0.6) is 0 Å². The number of aryl methyl sites for hydroxylation is 1. The Morgan fingerprint density at radius 3 is 2.69 bits per heavy atom. The molecule has 0 saturated carbocycles. The van der Waals surface area contributed by atoms with Crippen molar-refractivity contribution in [1.29, 1.82) is 0 Å². The van der Waals surface area contributed by atoms with Crippen molar-refractivity contribution < 1.29 is 4.39 Å². The zero-order valence-electron chi connectivity index (χ0n) is 9.61. The van der Waals surface area contributed by atoms with Gasteiger partial charge in [-0.2, -0.15) is 9.49 Å². The van der Waals surface area contributed by atoms with Crippen molar-refractivity contribution in [3.8, 4) is 11.1 Å². The molecule has 0 fully saturated rings. The lowest BCUT2D eigenvalue weighted by Crippen LogP contribution is -1.95. The van der Waals surface area contributed by atoms with E-state index in [4.69, 9.17) is 0 Å². The quantitative estimate of drug-likeness (QED) is 0.727. The van der Waals surface area contributed by atoms with Gasteiger partial charge in [0.2, 0.25) is 5.95 Å². The van der Waals surface area contributed by atoms with Gasteiger partial charge in [-0.3, -0.25) is 4.68 Å². The van der Waals surface area contributed by atoms with Crippen LogP contribution < -0.4 is 0 Å². The van der Waals surface area contributed by atoms with Gasteiger partial charge in [0.15, 0.2) is 0 Å². The molecule has 0 spiro atoms. The number of nitrogens with zero attached hydrogens (tertiary/aromatic N) is 3. The highest BCUT2D eigenvalue weighted by Gasteiger charge is 2.16. The molecule has 0 unspecified atom stereocenters. The number of pyridine rings is 1. The maximum atomic E-state index is 13.6. The molecule has 0 radical (unpaired) electrons. The summed E-state index contributed by atoms with van der Waals surface area (Å²) >= 11 is 0. The van der Waals surface area contributed by atoms with E-state index in [1.54, 1.807) is 16.8 Å². The molecule has 0 aliphatic rings. The van der Waals surface area contributed by atoms with Crippen LogP contribution in [0, 0.1) is 5.95 Å². The Hall–Kier alpha value is -1.71. The van der Waals surface area contributed by atoms with Gasteiger partial charge in [0.1, 0.15) is 0 Å². The second-order valence-corrected chi connectivity index (χ2v) is 4.10. The van der Waals surface area contributed by atoms with Gasteiger partial charge in [-0.15, -0.1) is 0 Å². The second kappa shape index (κ2) is 4.04. The lowest BCUT2D eigenvalue weighted by atomic mass is 10.0. The fourth-order valence-corrected chi connectivity index (χ4v) is 1.73. The minimum absolute atomic E-state index is 0.260. The average molecular weight is 219 g/mol. The maximum Gasteiger partial charge on any atom is 0.220 e. The first-order chi connectivity index (χ1) is 7.59. The van der Waals surface area contributed by atoms with Gasteiger partial charge in [-0.1, -0.05) is 13.8 Å². The summed E-state index contributed by atoms with van der Waals surface area (Å²) in [5.74, 6) is -0.187. The molecule has 84 valence electrons. The SMILES string of the molecule is CC(C)c1nn(C)cc1-c1cccnc1F. The molecule has 0 aromatic carbocycles. The molecule has 2 rings (SSSR count). The Balaban J connectivity index is 2.60. The average Bonchev–Trinajstić information content (AvgIpc) is 2.61. The molecular formula is C12H14FN3. The van der Waals surface area contributed by atoms with Crippen molar-refractivity contribution in [1.82, 2.24) is 14.8 Å². The largest absolute Gasteiger partial charge is 0.275 e. The molecule has 0 aliphatic heterocycles. The molecule has 2 heterocycles. The van der Waals surface area contributed by atoms with E-state index in [1.807, 2.05) is 27.1 Å². The van der Waals surface area contributed by atoms with Gasteiger partial charge in [0.05, 0.1) is 5.69 Å². The van der Waals surface area contributed by atoms with E-state index in [-0.39, 0.29) is 5.92 Å². The van der Waals surface area contributed by atoms with E-state index >= 15 is 0 Å². The third-order valence-electron chi connectivity index (χ3n) is 2.45. The van der Waals surface area contributed by atoms with Crippen LogP contribution in [0.3, 0.4) is 0 Å². The van der Waals surface area contributed by atoms with Gasteiger partial charge >= 0.3 is 0 Å². The van der Waals surface area contributed by atoms with Gasteiger partial charge in [-0.05, 0) is 18.1 Å². The van der Waals surface area contributed by atoms with Crippen LogP contribution in [0.15, 0.2) is 24.5 Å². The zero-order valence-corrected chi connectivity index (χ0v) is 9.61. The molecule has 4 heteroatoms. The highest BCUT2D eigenvalue weighted by Crippen LogP contribution is 2.28. The fraction of sp³-hybridized carbons (Fsp3) is 0.333. The third-order valence-corrected chi connectivity index (χ3v) is 2.45. The monoisotopic (exact) mass is 219 g/mol. The molecule has 0 amide bonds. The predicted molar refractivity (Wildman–Crippen MR) is 60.5 cm³/mol. The molecular weight excluding hydrogens is 205 g/mol. The summed E-state index contributed by atoms with van der Waals surface area (Å²) in [5, 5.41) is 4.35. The molecule has 2 aromatic rings. The topological polar surface area (TPSA) is 30.7 Å². The lowest BCUT2D eigenvalue weighted by Gasteiger charge is -2.05. The van der Waals surface area contributed by atoms with Crippen molar-refractivity contribution in [2.24, 2.45) is 7.05 Å². The van der Waals surface area contributed by atoms with Crippen LogP contribution in [0.25, 0.3) is 11.1 Å². The Morgan fingerprint density at radius 2 is 2.06 bits per heavy atom. The van der Waals surface area contributed by atoms with Crippen LogP contribution in [0.1, 0.15) is 25.5 Å². The Kier molecular flexibility index (Phi) is 2.73. The first-order valence-corrected chi connectivity index (χ1v) is 5.24.